The molecule has 0 amide bonds. The minimum atomic E-state index is 0.838. The van der Waals surface area contributed by atoms with E-state index in [1.165, 1.54) is 45.9 Å². The molecule has 6 aromatic carbocycles. The minimum absolute atomic E-state index is 0.838. The van der Waals surface area contributed by atoms with Crippen LogP contribution in [0.15, 0.2) is 143 Å². The van der Waals surface area contributed by atoms with Gasteiger partial charge in [0, 0.05) is 41.9 Å². The second kappa shape index (κ2) is 10.7. The van der Waals surface area contributed by atoms with E-state index in [1.807, 2.05) is 47.8 Å². The number of hydrogen-bond acceptors (Lipinski definition) is 4. The number of thiophene rings is 2. The van der Waals surface area contributed by atoms with Crippen molar-refractivity contribution in [3.8, 4) is 22.3 Å². The highest BCUT2D eigenvalue weighted by Crippen LogP contribution is 2.45. The first-order chi connectivity index (χ1) is 22.7. The lowest BCUT2D eigenvalue weighted by Crippen LogP contribution is -1.88. The fourth-order valence-corrected chi connectivity index (χ4v) is 9.29. The molecule has 4 heteroatoms. The van der Waals surface area contributed by atoms with Crippen LogP contribution in [0.25, 0.3) is 90.2 Å². The Morgan fingerprint density at radius 2 is 1.33 bits per heavy atom. The molecule has 0 aliphatic heterocycles. The Balaban J connectivity index is 1.28. The van der Waals surface area contributed by atoms with Crippen LogP contribution in [-0.4, -0.2) is 6.72 Å². The summed E-state index contributed by atoms with van der Waals surface area (Å²) >= 11 is 3.77. The van der Waals surface area contributed by atoms with E-state index in [0.29, 0.717) is 0 Å². The maximum Gasteiger partial charge on any atom is 0.136 e. The third kappa shape index (κ3) is 4.26. The Morgan fingerprint density at radius 1 is 0.630 bits per heavy atom. The molecule has 0 aliphatic rings. The van der Waals surface area contributed by atoms with Gasteiger partial charge in [0.1, 0.15) is 11.2 Å². The quantitative estimate of drug-likeness (QED) is 0.138. The minimum Gasteiger partial charge on any atom is -0.456 e. The number of aliphatic imine (C=N–C) groups is 1. The van der Waals surface area contributed by atoms with E-state index in [0.717, 1.165) is 49.9 Å². The first kappa shape index (κ1) is 27.1. The standard InChI is InChI=1S/C42H27NOS2/c1-3-4-12-35(43-2)30-21-28(26-15-17-36-33(23-26)40-31-10-6-5-9-25(31)14-18-37(40)44-36)20-29(22-30)27-16-19-39-34(24-27)41-32-11-7-8-13-38(32)45-42(41)46-39/h3-24H,2H2,1H3/b4-3-,35-12-. The van der Waals surface area contributed by atoms with E-state index < -0.39 is 0 Å². The maximum atomic E-state index is 6.32. The van der Waals surface area contributed by atoms with Crippen LogP contribution in [0.2, 0.25) is 0 Å². The molecule has 2 nitrogen and oxygen atoms in total. The average molecular weight is 626 g/mol. The van der Waals surface area contributed by atoms with Crippen LogP contribution >= 0.6 is 22.7 Å². The Labute approximate surface area is 273 Å². The van der Waals surface area contributed by atoms with Gasteiger partial charge in [-0.2, -0.15) is 0 Å². The molecular weight excluding hydrogens is 599 g/mol. The summed E-state index contributed by atoms with van der Waals surface area (Å²) in [5.74, 6) is 0. The second-order valence-corrected chi connectivity index (χ2v) is 13.9. The zero-order chi connectivity index (χ0) is 30.8. The molecule has 0 bridgehead atoms. The predicted octanol–water partition coefficient (Wildman–Crippen LogP) is 13.3. The second-order valence-electron chi connectivity index (χ2n) is 11.6. The van der Waals surface area contributed by atoms with Crippen molar-refractivity contribution in [3.63, 3.8) is 0 Å². The summed E-state index contributed by atoms with van der Waals surface area (Å²) in [6.45, 7) is 5.93. The molecule has 0 spiro atoms. The molecule has 9 aromatic rings. The van der Waals surface area contributed by atoms with Crippen molar-refractivity contribution in [1.82, 2.24) is 0 Å². The summed E-state index contributed by atoms with van der Waals surface area (Å²) in [7, 11) is 0. The number of rotatable bonds is 5. The van der Waals surface area contributed by atoms with Crippen molar-refractivity contribution in [2.45, 2.75) is 6.92 Å². The van der Waals surface area contributed by atoms with E-state index in [-0.39, 0.29) is 0 Å². The molecular formula is C42H27NOS2. The Morgan fingerprint density at radius 3 is 2.13 bits per heavy atom. The molecule has 46 heavy (non-hydrogen) atoms. The van der Waals surface area contributed by atoms with Gasteiger partial charge in [0.05, 0.1) is 9.71 Å². The first-order valence-corrected chi connectivity index (χ1v) is 17.0. The number of benzene rings is 6. The van der Waals surface area contributed by atoms with E-state index in [9.17, 15) is 0 Å². The normalized spacial score (nSPS) is 12.6. The van der Waals surface area contributed by atoms with Gasteiger partial charge in [-0.15, -0.1) is 22.7 Å². The Hall–Kier alpha value is -5.29. The lowest BCUT2D eigenvalue weighted by Gasteiger charge is -2.12. The first-order valence-electron chi connectivity index (χ1n) is 15.3. The van der Waals surface area contributed by atoms with Crippen molar-refractivity contribution in [2.75, 3.05) is 0 Å². The molecule has 0 atom stereocenters. The molecule has 0 fully saturated rings. The molecule has 0 radical (unpaired) electrons. The summed E-state index contributed by atoms with van der Waals surface area (Å²) in [6, 6.07) is 41.7. The molecule has 9 rings (SSSR count). The molecule has 3 aromatic heterocycles. The van der Waals surface area contributed by atoms with Crippen LogP contribution in [0.4, 0.5) is 0 Å². The van der Waals surface area contributed by atoms with Gasteiger partial charge in [0.25, 0.3) is 0 Å². The van der Waals surface area contributed by atoms with Gasteiger partial charge < -0.3 is 4.42 Å². The topological polar surface area (TPSA) is 25.5 Å². The van der Waals surface area contributed by atoms with Crippen molar-refractivity contribution in [3.05, 3.63) is 139 Å². The summed E-state index contributed by atoms with van der Waals surface area (Å²) in [4.78, 5) is 4.44. The highest BCUT2D eigenvalue weighted by molar-refractivity contribution is 7.44. The zero-order valence-electron chi connectivity index (χ0n) is 25.1. The van der Waals surface area contributed by atoms with Gasteiger partial charge in [-0.3, -0.25) is 4.99 Å². The van der Waals surface area contributed by atoms with Crippen LogP contribution < -0.4 is 0 Å². The molecule has 0 unspecified atom stereocenters. The lowest BCUT2D eigenvalue weighted by atomic mass is 9.93. The zero-order valence-corrected chi connectivity index (χ0v) is 26.7. The van der Waals surface area contributed by atoms with E-state index in [2.05, 4.69) is 127 Å². The van der Waals surface area contributed by atoms with E-state index in [1.54, 1.807) is 0 Å². The largest absolute Gasteiger partial charge is 0.456 e. The summed E-state index contributed by atoms with van der Waals surface area (Å²) < 4.78 is 10.4. The van der Waals surface area contributed by atoms with Gasteiger partial charge in [-0.1, -0.05) is 72.8 Å². The van der Waals surface area contributed by atoms with Gasteiger partial charge in [-0.25, -0.2) is 0 Å². The van der Waals surface area contributed by atoms with Crippen LogP contribution in [0, 0.1) is 0 Å². The summed E-state index contributed by atoms with van der Waals surface area (Å²) in [6.07, 6.45) is 6.05. The van der Waals surface area contributed by atoms with Crippen LogP contribution in [0.3, 0.4) is 0 Å². The van der Waals surface area contributed by atoms with Crippen molar-refractivity contribution < 1.29 is 4.42 Å². The van der Waals surface area contributed by atoms with Gasteiger partial charge >= 0.3 is 0 Å². The van der Waals surface area contributed by atoms with Gasteiger partial charge in [0.2, 0.25) is 0 Å². The number of fused-ring (bicyclic) bond motifs is 10. The number of allylic oxidation sites excluding steroid dienone is 3. The fourth-order valence-electron chi connectivity index (χ4n) is 6.71. The smallest absolute Gasteiger partial charge is 0.136 e. The van der Waals surface area contributed by atoms with Crippen LogP contribution in [0.5, 0.6) is 0 Å². The molecule has 0 aliphatic carbocycles. The van der Waals surface area contributed by atoms with Crippen LogP contribution in [-0.2, 0) is 0 Å². The predicted molar refractivity (Wildman–Crippen MR) is 203 cm³/mol. The average Bonchev–Trinajstić information content (AvgIpc) is 3.77. The number of nitrogens with zero attached hydrogens (tertiary/aromatic N) is 1. The van der Waals surface area contributed by atoms with Crippen molar-refractivity contribution in [2.24, 2.45) is 4.99 Å². The summed E-state index contributed by atoms with van der Waals surface area (Å²) in [5, 5.41) is 8.70. The molecule has 218 valence electrons. The Bertz CT molecular complexity index is 2730. The van der Waals surface area contributed by atoms with E-state index in [4.69, 9.17) is 4.42 Å². The Kier molecular flexibility index (Phi) is 6.27. The van der Waals surface area contributed by atoms with Crippen molar-refractivity contribution >= 4 is 97.4 Å². The third-order valence-electron chi connectivity index (χ3n) is 8.89. The fraction of sp³-hybridized carbons (Fsp3) is 0.0238. The van der Waals surface area contributed by atoms with Crippen molar-refractivity contribution in [1.29, 1.82) is 0 Å². The number of furan rings is 1. The molecule has 0 saturated carbocycles. The monoisotopic (exact) mass is 625 g/mol. The van der Waals surface area contributed by atoms with E-state index >= 15 is 0 Å². The van der Waals surface area contributed by atoms with Gasteiger partial charge in [0.15, 0.2) is 0 Å². The highest BCUT2D eigenvalue weighted by Gasteiger charge is 2.16. The van der Waals surface area contributed by atoms with Crippen LogP contribution in [0.1, 0.15) is 12.5 Å². The van der Waals surface area contributed by atoms with Gasteiger partial charge in [-0.05, 0) is 107 Å². The third-order valence-corrected chi connectivity index (χ3v) is 11.3. The highest BCUT2D eigenvalue weighted by atomic mass is 32.2. The maximum absolute atomic E-state index is 6.32. The molecule has 0 saturated heterocycles. The molecule has 0 N–H and O–H groups in total. The summed E-state index contributed by atoms with van der Waals surface area (Å²) in [5.41, 5.74) is 8.24. The molecule has 3 heterocycles. The number of hydrogen-bond donors (Lipinski definition) is 0. The lowest BCUT2D eigenvalue weighted by molar-refractivity contribution is 0.669. The SMILES string of the molecule is C=N/C(=C\C=C/C)c1cc(-c2ccc3oc4ccc5ccccc5c4c3c2)cc(-c2ccc3sc4sc5ccccc5c4c3c2)c1.